The Morgan fingerprint density at radius 1 is 1.17 bits per heavy atom. The number of anilines is 1. The Balaban J connectivity index is 1.59. The van der Waals surface area contributed by atoms with Crippen molar-refractivity contribution in [2.45, 2.75) is 32.9 Å². The summed E-state index contributed by atoms with van der Waals surface area (Å²) in [5.41, 5.74) is 2.95. The van der Waals surface area contributed by atoms with Gasteiger partial charge in [0.1, 0.15) is 0 Å². The van der Waals surface area contributed by atoms with E-state index in [1.54, 1.807) is 12.1 Å². The summed E-state index contributed by atoms with van der Waals surface area (Å²) >= 11 is 0. The summed E-state index contributed by atoms with van der Waals surface area (Å²) in [5.74, 6) is 1.44. The molecule has 0 atom stereocenters. The van der Waals surface area contributed by atoms with Crippen LogP contribution in [0.5, 0.6) is 11.5 Å². The maximum absolute atomic E-state index is 11.9. The predicted molar refractivity (Wildman–Crippen MR) is 114 cm³/mol. The number of hydrogen-bond acceptors (Lipinski definition) is 4. The van der Waals surface area contributed by atoms with Gasteiger partial charge in [-0.2, -0.15) is 0 Å². The van der Waals surface area contributed by atoms with Crippen LogP contribution in [0.3, 0.4) is 0 Å². The molecule has 0 bridgehead atoms. The van der Waals surface area contributed by atoms with Crippen molar-refractivity contribution in [2.24, 2.45) is 4.99 Å². The lowest BCUT2D eigenvalue weighted by molar-refractivity contribution is -0.117. The van der Waals surface area contributed by atoms with E-state index in [0.29, 0.717) is 31.2 Å². The van der Waals surface area contributed by atoms with E-state index in [4.69, 9.17) is 4.74 Å². The Kier molecular flexibility index (Phi) is 6.94. The van der Waals surface area contributed by atoms with E-state index >= 15 is 0 Å². The molecule has 3 N–H and O–H groups in total. The van der Waals surface area contributed by atoms with Crippen molar-refractivity contribution in [1.29, 1.82) is 0 Å². The minimum absolute atomic E-state index is 0.106. The molecule has 2 aromatic carbocycles. The van der Waals surface area contributed by atoms with Gasteiger partial charge in [-0.3, -0.25) is 4.79 Å². The van der Waals surface area contributed by atoms with Crippen molar-refractivity contribution in [1.82, 2.24) is 10.6 Å². The van der Waals surface area contributed by atoms with E-state index < -0.39 is 0 Å². The molecule has 0 radical (unpaired) electrons. The lowest BCUT2D eigenvalue weighted by atomic mass is 10.2. The first kappa shape index (κ1) is 20.5. The van der Waals surface area contributed by atoms with Crippen molar-refractivity contribution < 1.29 is 14.6 Å². The third-order valence-corrected chi connectivity index (χ3v) is 4.79. The highest BCUT2D eigenvalue weighted by Crippen LogP contribution is 2.26. The van der Waals surface area contributed by atoms with Gasteiger partial charge >= 0.3 is 0 Å². The van der Waals surface area contributed by atoms with E-state index in [1.807, 2.05) is 42.2 Å². The fourth-order valence-corrected chi connectivity index (χ4v) is 3.25. The number of aromatic hydroxyl groups is 1. The van der Waals surface area contributed by atoms with Crippen LogP contribution in [0.25, 0.3) is 0 Å². The van der Waals surface area contributed by atoms with Crippen LogP contribution in [0.1, 0.15) is 30.9 Å². The van der Waals surface area contributed by atoms with Crippen LogP contribution >= 0.6 is 0 Å². The maximum Gasteiger partial charge on any atom is 0.227 e. The van der Waals surface area contributed by atoms with E-state index in [1.165, 1.54) is 7.11 Å². The summed E-state index contributed by atoms with van der Waals surface area (Å²) in [5, 5.41) is 16.4. The summed E-state index contributed by atoms with van der Waals surface area (Å²) < 4.78 is 5.07. The van der Waals surface area contributed by atoms with Gasteiger partial charge in [-0.15, -0.1) is 0 Å². The molecule has 1 saturated heterocycles. The van der Waals surface area contributed by atoms with Gasteiger partial charge in [0.05, 0.1) is 13.7 Å². The van der Waals surface area contributed by atoms with Crippen molar-refractivity contribution in [3.63, 3.8) is 0 Å². The first-order chi connectivity index (χ1) is 14.1. The molecule has 29 heavy (non-hydrogen) atoms. The van der Waals surface area contributed by atoms with Crippen molar-refractivity contribution in [3.8, 4) is 11.5 Å². The number of benzene rings is 2. The zero-order chi connectivity index (χ0) is 20.6. The fourth-order valence-electron chi connectivity index (χ4n) is 3.25. The molecule has 0 aliphatic carbocycles. The van der Waals surface area contributed by atoms with Gasteiger partial charge in [0.2, 0.25) is 5.91 Å². The largest absolute Gasteiger partial charge is 0.504 e. The number of amides is 1. The third kappa shape index (κ3) is 5.40. The van der Waals surface area contributed by atoms with Gasteiger partial charge in [-0.25, -0.2) is 4.99 Å². The number of nitrogens with one attached hydrogen (secondary N) is 2. The van der Waals surface area contributed by atoms with Gasteiger partial charge in [0.15, 0.2) is 17.5 Å². The Morgan fingerprint density at radius 3 is 2.55 bits per heavy atom. The molecule has 1 aliphatic heterocycles. The quantitative estimate of drug-likeness (QED) is 0.495. The average molecular weight is 396 g/mol. The zero-order valence-electron chi connectivity index (χ0n) is 16.9. The Bertz CT molecular complexity index is 865. The number of hydrogen-bond donors (Lipinski definition) is 3. The summed E-state index contributed by atoms with van der Waals surface area (Å²) in [7, 11) is 1.52. The number of guanidine groups is 1. The number of methoxy groups -OCH3 is 1. The fraction of sp³-hybridized carbons (Fsp3) is 0.364. The van der Waals surface area contributed by atoms with Crippen LogP contribution in [-0.4, -0.2) is 37.2 Å². The minimum Gasteiger partial charge on any atom is -0.504 e. The summed E-state index contributed by atoms with van der Waals surface area (Å²) in [4.78, 5) is 18.3. The SMILES string of the molecule is CCNC(=NCc1ccc(OC)c(O)c1)NCc1ccc(N2CCCC2=O)cc1. The molecule has 1 aliphatic rings. The monoisotopic (exact) mass is 396 g/mol. The molecular formula is C22H28N4O3. The van der Waals surface area contributed by atoms with Crippen LogP contribution in [0.4, 0.5) is 5.69 Å². The normalized spacial score (nSPS) is 14.2. The van der Waals surface area contributed by atoms with E-state index in [-0.39, 0.29) is 11.7 Å². The summed E-state index contributed by atoms with van der Waals surface area (Å²) in [6, 6.07) is 13.3. The molecule has 1 amide bonds. The number of carbonyl (C=O) groups is 1. The molecule has 7 heteroatoms. The average Bonchev–Trinajstić information content (AvgIpc) is 3.16. The topological polar surface area (TPSA) is 86.2 Å². The highest BCUT2D eigenvalue weighted by molar-refractivity contribution is 5.95. The second kappa shape index (κ2) is 9.82. The Hall–Kier alpha value is -3.22. The number of nitrogens with zero attached hydrogens (tertiary/aromatic N) is 2. The molecule has 2 aromatic rings. The minimum atomic E-state index is 0.106. The molecule has 1 fully saturated rings. The molecule has 3 rings (SSSR count). The number of phenolic OH excluding ortho intramolecular Hbond substituents is 1. The van der Waals surface area contributed by atoms with Crippen LogP contribution in [0, 0.1) is 0 Å². The highest BCUT2D eigenvalue weighted by atomic mass is 16.5. The molecule has 7 nitrogen and oxygen atoms in total. The molecule has 154 valence electrons. The van der Waals surface area contributed by atoms with Gasteiger partial charge in [-0.1, -0.05) is 18.2 Å². The standard InChI is InChI=1S/C22H28N4O3/c1-3-23-22(25-15-17-8-11-20(29-2)19(27)13-17)24-14-16-6-9-18(10-7-16)26-12-4-5-21(26)28/h6-11,13,27H,3-5,12,14-15H2,1-2H3,(H2,23,24,25). The summed E-state index contributed by atoms with van der Waals surface area (Å²) in [6.45, 7) is 4.61. The van der Waals surface area contributed by atoms with E-state index in [2.05, 4.69) is 15.6 Å². The summed E-state index contributed by atoms with van der Waals surface area (Å²) in [6.07, 6.45) is 1.56. The van der Waals surface area contributed by atoms with E-state index in [9.17, 15) is 9.90 Å². The van der Waals surface area contributed by atoms with Crippen molar-refractivity contribution in [2.75, 3.05) is 25.1 Å². The van der Waals surface area contributed by atoms with E-state index in [0.717, 1.165) is 36.3 Å². The number of aliphatic imine (C=N–C) groups is 1. The van der Waals surface area contributed by atoms with Crippen LogP contribution in [0.15, 0.2) is 47.5 Å². The van der Waals surface area contributed by atoms with Crippen LogP contribution in [0.2, 0.25) is 0 Å². The van der Waals surface area contributed by atoms with Crippen LogP contribution < -0.4 is 20.3 Å². The molecule has 0 saturated carbocycles. The highest BCUT2D eigenvalue weighted by Gasteiger charge is 2.21. The molecular weight excluding hydrogens is 368 g/mol. The Labute approximate surface area is 171 Å². The molecule has 0 spiro atoms. The first-order valence-electron chi connectivity index (χ1n) is 9.88. The third-order valence-electron chi connectivity index (χ3n) is 4.79. The van der Waals surface area contributed by atoms with Gasteiger partial charge in [0.25, 0.3) is 0 Å². The first-order valence-corrected chi connectivity index (χ1v) is 9.88. The van der Waals surface area contributed by atoms with Gasteiger partial charge in [-0.05, 0) is 48.7 Å². The number of rotatable bonds is 7. The molecule has 1 heterocycles. The van der Waals surface area contributed by atoms with Gasteiger partial charge < -0.3 is 25.4 Å². The second-order valence-electron chi connectivity index (χ2n) is 6.87. The van der Waals surface area contributed by atoms with Crippen LogP contribution in [-0.2, 0) is 17.9 Å². The predicted octanol–water partition coefficient (Wildman–Crippen LogP) is 2.78. The second-order valence-corrected chi connectivity index (χ2v) is 6.87. The number of carbonyl (C=O) groups excluding carboxylic acids is 1. The molecule has 0 aromatic heterocycles. The van der Waals surface area contributed by atoms with Crippen molar-refractivity contribution >= 4 is 17.6 Å². The van der Waals surface area contributed by atoms with Gasteiger partial charge in [0, 0.05) is 31.7 Å². The zero-order valence-corrected chi connectivity index (χ0v) is 16.9. The number of ether oxygens (including phenoxy) is 1. The lowest BCUT2D eigenvalue weighted by Gasteiger charge is -2.16. The maximum atomic E-state index is 11.9. The van der Waals surface area contributed by atoms with Crippen molar-refractivity contribution in [3.05, 3.63) is 53.6 Å². The smallest absolute Gasteiger partial charge is 0.227 e. The lowest BCUT2D eigenvalue weighted by Crippen LogP contribution is -2.36. The molecule has 0 unspecified atom stereocenters. The Morgan fingerprint density at radius 2 is 1.93 bits per heavy atom. The number of phenols is 1.